The maximum atomic E-state index is 6.14. The van der Waals surface area contributed by atoms with E-state index in [0.717, 1.165) is 41.5 Å². The lowest BCUT2D eigenvalue weighted by Gasteiger charge is -2.39. The van der Waals surface area contributed by atoms with Crippen molar-refractivity contribution in [1.82, 2.24) is 9.88 Å². The Morgan fingerprint density at radius 3 is 2.80 bits per heavy atom. The molecule has 2 bridgehead atoms. The molecule has 0 spiro atoms. The number of nitrogens with two attached hydrogens (primary N) is 1. The number of nitrogens with zero attached hydrogens (tertiary/aromatic N) is 2. The van der Waals surface area contributed by atoms with Crippen molar-refractivity contribution in [3.8, 4) is 0 Å². The summed E-state index contributed by atoms with van der Waals surface area (Å²) in [4.78, 5) is 5.61. The van der Waals surface area contributed by atoms with Gasteiger partial charge in [-0.2, -0.15) is 0 Å². The average Bonchev–Trinajstić information content (AvgIpc) is 3.41. The maximum Gasteiger partial charge on any atom is 0.141 e. The minimum atomic E-state index is 0.585. The Balaban J connectivity index is 1.16. The Hall–Kier alpha value is -2.11. The number of benzene rings is 1. The zero-order valence-corrected chi connectivity index (χ0v) is 18.4. The summed E-state index contributed by atoms with van der Waals surface area (Å²) in [6.45, 7) is 2.17. The number of amidine groups is 1. The molecule has 2 saturated carbocycles. The topological polar surface area (TPSA) is 55.3 Å². The lowest BCUT2D eigenvalue weighted by molar-refractivity contribution is 0.154. The molecule has 2 aliphatic carbocycles. The van der Waals surface area contributed by atoms with E-state index in [1.807, 2.05) is 17.5 Å². The minimum Gasteiger partial charge on any atom is -0.383 e. The molecule has 1 aromatic carbocycles. The van der Waals surface area contributed by atoms with Crippen molar-refractivity contribution in [3.05, 3.63) is 52.9 Å². The van der Waals surface area contributed by atoms with Gasteiger partial charge in [0.15, 0.2) is 0 Å². The lowest BCUT2D eigenvalue weighted by Crippen LogP contribution is -2.39. The van der Waals surface area contributed by atoms with E-state index in [1.54, 1.807) is 11.3 Å². The van der Waals surface area contributed by atoms with Crippen LogP contribution < -0.4 is 11.1 Å². The molecule has 2 atom stereocenters. The Morgan fingerprint density at radius 2 is 2.00 bits per heavy atom. The highest BCUT2D eigenvalue weighted by Crippen LogP contribution is 2.39. The molecule has 0 amide bonds. The van der Waals surface area contributed by atoms with E-state index in [4.69, 9.17) is 5.73 Å². The second kappa shape index (κ2) is 8.94. The summed E-state index contributed by atoms with van der Waals surface area (Å²) in [6.07, 6.45) is 12.1. The molecular formula is C25H32N4S. The van der Waals surface area contributed by atoms with Crippen LogP contribution in [0.4, 0.5) is 5.69 Å². The second-order valence-corrected chi connectivity index (χ2v) is 10.0. The van der Waals surface area contributed by atoms with Crippen molar-refractivity contribution < 1.29 is 0 Å². The first-order chi connectivity index (χ1) is 14.7. The third kappa shape index (κ3) is 4.47. The van der Waals surface area contributed by atoms with Crippen LogP contribution in [0.25, 0.3) is 10.9 Å². The van der Waals surface area contributed by atoms with Gasteiger partial charge in [-0.3, -0.25) is 0 Å². The standard InChI is InChI=1S/C25H32N4S/c26-25(24-6-2-13-30-24)28-21-7-8-23-20(17-21)9-12-29(23)11-3-10-27-22-15-18-4-1-5-19(14-18)16-22/h2,6-9,12-13,17-19,22,27H,1,3-5,10-11,14-16H2,(H2,26,28). The monoisotopic (exact) mass is 420 g/mol. The zero-order valence-electron chi connectivity index (χ0n) is 17.6. The molecule has 2 heterocycles. The Bertz CT molecular complexity index is 992. The predicted octanol–water partition coefficient (Wildman–Crippen LogP) is 5.69. The van der Waals surface area contributed by atoms with E-state index in [1.165, 1.54) is 55.8 Å². The molecule has 0 saturated heterocycles. The first-order valence-corrected chi connectivity index (χ1v) is 12.3. The van der Waals surface area contributed by atoms with E-state index in [0.29, 0.717) is 5.84 Å². The molecule has 5 rings (SSSR count). The molecule has 4 nitrogen and oxygen atoms in total. The van der Waals surface area contributed by atoms with Gasteiger partial charge in [-0.1, -0.05) is 25.3 Å². The molecule has 2 unspecified atom stereocenters. The first-order valence-electron chi connectivity index (χ1n) is 11.4. The van der Waals surface area contributed by atoms with E-state index in [9.17, 15) is 0 Å². The number of hydrogen-bond donors (Lipinski definition) is 2. The molecule has 0 aliphatic heterocycles. The second-order valence-electron chi connectivity index (χ2n) is 9.10. The van der Waals surface area contributed by atoms with Gasteiger partial charge in [0, 0.05) is 29.7 Å². The van der Waals surface area contributed by atoms with Gasteiger partial charge in [0.25, 0.3) is 0 Å². The van der Waals surface area contributed by atoms with Crippen LogP contribution in [-0.4, -0.2) is 23.0 Å². The zero-order chi connectivity index (χ0) is 20.3. The summed E-state index contributed by atoms with van der Waals surface area (Å²) in [5.74, 6) is 2.57. The van der Waals surface area contributed by atoms with Crippen LogP contribution in [0.5, 0.6) is 0 Å². The molecule has 3 N–H and O–H groups in total. The number of aryl methyl sites for hydroxylation is 1. The van der Waals surface area contributed by atoms with Crippen LogP contribution in [0.3, 0.4) is 0 Å². The Kier molecular flexibility index (Phi) is 5.91. The van der Waals surface area contributed by atoms with Crippen LogP contribution in [0.1, 0.15) is 49.8 Å². The lowest BCUT2D eigenvalue weighted by atomic mass is 9.70. The van der Waals surface area contributed by atoms with Gasteiger partial charge in [-0.25, -0.2) is 4.99 Å². The van der Waals surface area contributed by atoms with Crippen molar-refractivity contribution in [2.45, 2.75) is 57.5 Å². The summed E-state index contributed by atoms with van der Waals surface area (Å²) >= 11 is 1.62. The largest absolute Gasteiger partial charge is 0.383 e. The highest BCUT2D eigenvalue weighted by molar-refractivity contribution is 7.12. The van der Waals surface area contributed by atoms with Crippen molar-refractivity contribution in [3.63, 3.8) is 0 Å². The minimum absolute atomic E-state index is 0.585. The third-order valence-corrected chi connectivity index (χ3v) is 7.81. The summed E-state index contributed by atoms with van der Waals surface area (Å²) in [5, 5.41) is 7.11. The smallest absolute Gasteiger partial charge is 0.141 e. The first kappa shape index (κ1) is 19.8. The van der Waals surface area contributed by atoms with Crippen LogP contribution in [0, 0.1) is 11.8 Å². The summed E-state index contributed by atoms with van der Waals surface area (Å²) in [7, 11) is 0. The third-order valence-electron chi connectivity index (χ3n) is 6.91. The van der Waals surface area contributed by atoms with Crippen LogP contribution in [0.15, 0.2) is 53.0 Å². The van der Waals surface area contributed by atoms with Gasteiger partial charge in [-0.05, 0) is 79.8 Å². The number of aromatic nitrogens is 1. The van der Waals surface area contributed by atoms with E-state index in [-0.39, 0.29) is 0 Å². The van der Waals surface area contributed by atoms with E-state index >= 15 is 0 Å². The molecule has 3 aromatic rings. The molecule has 158 valence electrons. The number of thiophene rings is 1. The van der Waals surface area contributed by atoms with E-state index < -0.39 is 0 Å². The summed E-state index contributed by atoms with van der Waals surface area (Å²) < 4.78 is 2.36. The van der Waals surface area contributed by atoms with Crippen LogP contribution in [-0.2, 0) is 6.54 Å². The van der Waals surface area contributed by atoms with Gasteiger partial charge < -0.3 is 15.6 Å². The predicted molar refractivity (Wildman–Crippen MR) is 128 cm³/mol. The fraction of sp³-hybridized carbons (Fsp3) is 0.480. The molecule has 2 fully saturated rings. The summed E-state index contributed by atoms with van der Waals surface area (Å²) in [6, 6.07) is 13.3. The SMILES string of the molecule is NC(=Nc1ccc2c(ccn2CCCNC2CC3CCCC(C3)C2)c1)c1cccs1. The molecule has 2 aromatic heterocycles. The molecule has 0 radical (unpaired) electrons. The maximum absolute atomic E-state index is 6.14. The highest BCUT2D eigenvalue weighted by atomic mass is 32.1. The van der Waals surface area contributed by atoms with Gasteiger partial charge in [0.2, 0.25) is 0 Å². The number of fused-ring (bicyclic) bond motifs is 3. The number of aliphatic imine (C=N–C) groups is 1. The molecule has 30 heavy (non-hydrogen) atoms. The van der Waals surface area contributed by atoms with Gasteiger partial charge in [-0.15, -0.1) is 11.3 Å². The van der Waals surface area contributed by atoms with E-state index in [2.05, 4.69) is 45.3 Å². The van der Waals surface area contributed by atoms with Crippen LogP contribution in [0.2, 0.25) is 0 Å². The average molecular weight is 421 g/mol. The van der Waals surface area contributed by atoms with Crippen molar-refractivity contribution in [2.75, 3.05) is 6.54 Å². The Labute approximate surface area is 183 Å². The summed E-state index contributed by atoms with van der Waals surface area (Å²) in [5.41, 5.74) is 8.33. The van der Waals surface area contributed by atoms with Gasteiger partial charge >= 0.3 is 0 Å². The fourth-order valence-corrected chi connectivity index (χ4v) is 6.15. The van der Waals surface area contributed by atoms with Crippen molar-refractivity contribution in [2.24, 2.45) is 22.6 Å². The fourth-order valence-electron chi connectivity index (χ4n) is 5.52. The molecule has 5 heteroatoms. The Morgan fingerprint density at radius 1 is 1.13 bits per heavy atom. The highest BCUT2D eigenvalue weighted by Gasteiger charge is 2.31. The number of nitrogens with one attached hydrogen (secondary N) is 1. The number of rotatable bonds is 7. The number of hydrogen-bond acceptors (Lipinski definition) is 3. The normalized spacial score (nSPS) is 24.4. The van der Waals surface area contributed by atoms with Crippen LogP contribution >= 0.6 is 11.3 Å². The van der Waals surface area contributed by atoms with Crippen molar-refractivity contribution in [1.29, 1.82) is 0 Å². The van der Waals surface area contributed by atoms with Gasteiger partial charge in [0.1, 0.15) is 5.84 Å². The quantitative estimate of drug-likeness (QED) is 0.293. The van der Waals surface area contributed by atoms with Crippen molar-refractivity contribution >= 4 is 33.8 Å². The molecule has 2 aliphatic rings. The van der Waals surface area contributed by atoms with Gasteiger partial charge in [0.05, 0.1) is 10.6 Å². The molecular weight excluding hydrogens is 388 g/mol.